The van der Waals surface area contributed by atoms with Crippen molar-refractivity contribution in [1.82, 2.24) is 0 Å². The zero-order chi connectivity index (χ0) is 15.1. The summed E-state index contributed by atoms with van der Waals surface area (Å²) in [6, 6.07) is 7.12. The minimum absolute atomic E-state index is 0.120. The van der Waals surface area contributed by atoms with E-state index in [1.165, 1.54) is 0 Å². The van der Waals surface area contributed by atoms with E-state index in [2.05, 4.69) is 0 Å². The van der Waals surface area contributed by atoms with Gasteiger partial charge in [-0.25, -0.2) is 4.79 Å². The molecule has 1 N–H and O–H groups in total. The fourth-order valence-corrected chi connectivity index (χ4v) is 2.80. The van der Waals surface area contributed by atoms with Crippen molar-refractivity contribution in [3.05, 3.63) is 45.8 Å². The number of ether oxygens (including phenoxy) is 1. The molecule has 0 saturated heterocycles. The molecule has 0 amide bonds. The summed E-state index contributed by atoms with van der Waals surface area (Å²) in [5.41, 5.74) is 1.44. The van der Waals surface area contributed by atoms with Crippen molar-refractivity contribution >= 4 is 21.7 Å². The highest BCUT2D eigenvalue weighted by molar-refractivity contribution is 6.07. The van der Waals surface area contributed by atoms with E-state index in [9.17, 15) is 9.90 Å². The quantitative estimate of drug-likeness (QED) is 0.577. The van der Waals surface area contributed by atoms with Crippen LogP contribution in [0, 0.1) is 6.92 Å². The molecule has 0 aliphatic rings. The number of hydrogen-bond acceptors (Lipinski definition) is 4. The lowest BCUT2D eigenvalue weighted by atomic mass is 9.99. The molecule has 21 heavy (non-hydrogen) atoms. The van der Waals surface area contributed by atoms with E-state index in [4.69, 9.17) is 9.15 Å². The Morgan fingerprint density at radius 3 is 2.57 bits per heavy atom. The number of hydrogen-bond donors (Lipinski definition) is 1. The van der Waals surface area contributed by atoms with Gasteiger partial charge in [0.1, 0.15) is 17.1 Å². The third-order valence-corrected chi connectivity index (χ3v) is 3.91. The summed E-state index contributed by atoms with van der Waals surface area (Å²) in [6.07, 6.45) is 0.674. The van der Waals surface area contributed by atoms with E-state index in [-0.39, 0.29) is 5.75 Å². The Bertz CT molecular complexity index is 906. The number of aromatic hydroxyl groups is 1. The molecule has 0 radical (unpaired) electrons. The molecule has 4 nitrogen and oxygen atoms in total. The van der Waals surface area contributed by atoms with Gasteiger partial charge in [-0.1, -0.05) is 6.92 Å². The Labute approximate surface area is 121 Å². The van der Waals surface area contributed by atoms with Gasteiger partial charge in [-0.3, -0.25) is 0 Å². The first kappa shape index (κ1) is 13.5. The first-order chi connectivity index (χ1) is 10.1. The van der Waals surface area contributed by atoms with E-state index in [0.717, 1.165) is 16.3 Å². The predicted octanol–water partition coefficient (Wildman–Crippen LogP) is 3.53. The molecule has 0 aliphatic carbocycles. The topological polar surface area (TPSA) is 59.7 Å². The molecule has 1 heterocycles. The van der Waals surface area contributed by atoms with Gasteiger partial charge in [0.2, 0.25) is 0 Å². The minimum Gasteiger partial charge on any atom is -0.508 e. The van der Waals surface area contributed by atoms with Crippen molar-refractivity contribution in [3.8, 4) is 11.5 Å². The van der Waals surface area contributed by atoms with Gasteiger partial charge in [0, 0.05) is 21.9 Å². The van der Waals surface area contributed by atoms with Crippen LogP contribution in [0.1, 0.15) is 18.1 Å². The smallest absolute Gasteiger partial charge is 0.344 e. The summed E-state index contributed by atoms with van der Waals surface area (Å²) in [5.74, 6) is 0.807. The molecule has 2 aromatic carbocycles. The molecule has 0 saturated carbocycles. The predicted molar refractivity (Wildman–Crippen MR) is 82.3 cm³/mol. The fraction of sp³-hybridized carbons (Fsp3) is 0.235. The van der Waals surface area contributed by atoms with Gasteiger partial charge in [0.05, 0.1) is 12.5 Å². The molecular formula is C17H16O4. The minimum atomic E-state index is -0.401. The Balaban J connectivity index is 2.58. The lowest BCUT2D eigenvalue weighted by Crippen LogP contribution is -2.05. The van der Waals surface area contributed by atoms with Crippen molar-refractivity contribution in [2.75, 3.05) is 7.11 Å². The van der Waals surface area contributed by atoms with E-state index in [1.54, 1.807) is 26.2 Å². The molecule has 0 unspecified atom stereocenters. The van der Waals surface area contributed by atoms with Crippen molar-refractivity contribution < 1.29 is 14.3 Å². The van der Waals surface area contributed by atoms with Gasteiger partial charge >= 0.3 is 5.63 Å². The van der Waals surface area contributed by atoms with Crippen LogP contribution in [0.15, 0.2) is 33.5 Å². The first-order valence-electron chi connectivity index (χ1n) is 6.83. The number of fused-ring (bicyclic) bond motifs is 3. The van der Waals surface area contributed by atoms with Crippen molar-refractivity contribution in [1.29, 1.82) is 0 Å². The standard InChI is InChI=1S/C17H16O4/c1-4-10-14(20-3)8-6-11-12-5-7-13(18)9(2)16(12)21-17(19)15(10)11/h5-8,18H,4H2,1-3H3. The summed E-state index contributed by atoms with van der Waals surface area (Å²) >= 11 is 0. The number of aryl methyl sites for hydroxylation is 2. The monoisotopic (exact) mass is 284 g/mol. The molecule has 0 atom stereocenters. The van der Waals surface area contributed by atoms with Gasteiger partial charge in [0.25, 0.3) is 0 Å². The second kappa shape index (κ2) is 4.81. The molecule has 3 rings (SSSR count). The Kier molecular flexibility index (Phi) is 3.09. The number of phenolic OH excluding ortho intramolecular Hbond substituents is 1. The van der Waals surface area contributed by atoms with Gasteiger partial charge in [0.15, 0.2) is 0 Å². The third kappa shape index (κ3) is 1.87. The maximum Gasteiger partial charge on any atom is 0.344 e. The maximum atomic E-state index is 12.4. The van der Waals surface area contributed by atoms with Crippen LogP contribution >= 0.6 is 0 Å². The van der Waals surface area contributed by atoms with Crippen LogP contribution in [0.25, 0.3) is 21.7 Å². The van der Waals surface area contributed by atoms with Crippen LogP contribution in [0.5, 0.6) is 11.5 Å². The van der Waals surface area contributed by atoms with Crippen LogP contribution in [-0.2, 0) is 6.42 Å². The van der Waals surface area contributed by atoms with E-state index >= 15 is 0 Å². The summed E-state index contributed by atoms with van der Waals surface area (Å²) in [5, 5.41) is 12.0. The maximum absolute atomic E-state index is 12.4. The molecular weight excluding hydrogens is 268 g/mol. The zero-order valence-electron chi connectivity index (χ0n) is 12.2. The summed E-state index contributed by atoms with van der Waals surface area (Å²) < 4.78 is 10.8. The van der Waals surface area contributed by atoms with Gasteiger partial charge in [-0.2, -0.15) is 0 Å². The highest BCUT2D eigenvalue weighted by atomic mass is 16.5. The SMILES string of the molecule is CCc1c(OC)ccc2c1c(=O)oc1c(C)c(O)ccc12. The number of benzene rings is 2. The summed E-state index contributed by atoms with van der Waals surface area (Å²) in [4.78, 5) is 12.4. The lowest BCUT2D eigenvalue weighted by molar-refractivity contribution is 0.410. The largest absolute Gasteiger partial charge is 0.508 e. The van der Waals surface area contributed by atoms with Crippen molar-refractivity contribution in [2.24, 2.45) is 0 Å². The average molecular weight is 284 g/mol. The molecule has 108 valence electrons. The van der Waals surface area contributed by atoms with Crippen LogP contribution in [0.3, 0.4) is 0 Å². The molecule has 0 fully saturated rings. The fourth-order valence-electron chi connectivity index (χ4n) is 2.80. The molecule has 1 aromatic heterocycles. The Morgan fingerprint density at radius 1 is 1.19 bits per heavy atom. The molecule has 0 aliphatic heterocycles. The Morgan fingerprint density at radius 2 is 1.90 bits per heavy atom. The highest BCUT2D eigenvalue weighted by Gasteiger charge is 2.16. The van der Waals surface area contributed by atoms with Crippen LogP contribution in [-0.4, -0.2) is 12.2 Å². The lowest BCUT2D eigenvalue weighted by Gasteiger charge is -2.12. The molecule has 4 heteroatoms. The number of methoxy groups -OCH3 is 1. The average Bonchev–Trinajstić information content (AvgIpc) is 2.50. The highest BCUT2D eigenvalue weighted by Crippen LogP contribution is 2.34. The third-order valence-electron chi connectivity index (χ3n) is 3.91. The molecule has 0 bridgehead atoms. The zero-order valence-corrected chi connectivity index (χ0v) is 12.2. The van der Waals surface area contributed by atoms with Crippen LogP contribution < -0.4 is 10.4 Å². The van der Waals surface area contributed by atoms with Gasteiger partial charge < -0.3 is 14.3 Å². The molecule has 0 spiro atoms. The second-order valence-electron chi connectivity index (χ2n) is 5.00. The van der Waals surface area contributed by atoms with Gasteiger partial charge in [-0.05, 0) is 37.6 Å². The van der Waals surface area contributed by atoms with Crippen LogP contribution in [0.2, 0.25) is 0 Å². The Hall–Kier alpha value is -2.49. The first-order valence-corrected chi connectivity index (χ1v) is 6.83. The van der Waals surface area contributed by atoms with E-state index < -0.39 is 5.63 Å². The summed E-state index contributed by atoms with van der Waals surface area (Å²) in [7, 11) is 1.59. The summed E-state index contributed by atoms with van der Waals surface area (Å²) in [6.45, 7) is 3.71. The van der Waals surface area contributed by atoms with Crippen LogP contribution in [0.4, 0.5) is 0 Å². The number of rotatable bonds is 2. The van der Waals surface area contributed by atoms with Crippen molar-refractivity contribution in [2.45, 2.75) is 20.3 Å². The van der Waals surface area contributed by atoms with Crippen molar-refractivity contribution in [3.63, 3.8) is 0 Å². The normalized spacial score (nSPS) is 11.2. The van der Waals surface area contributed by atoms with E-state index in [0.29, 0.717) is 28.7 Å². The van der Waals surface area contributed by atoms with E-state index in [1.807, 2.05) is 19.1 Å². The second-order valence-corrected chi connectivity index (χ2v) is 5.00. The number of phenols is 1. The molecule has 3 aromatic rings. The van der Waals surface area contributed by atoms with Gasteiger partial charge in [-0.15, -0.1) is 0 Å².